The van der Waals surface area contributed by atoms with Crippen molar-refractivity contribution >= 4 is 12.0 Å². The van der Waals surface area contributed by atoms with Crippen LogP contribution < -0.4 is 5.32 Å². The number of amides is 2. The molecule has 0 unspecified atom stereocenters. The van der Waals surface area contributed by atoms with E-state index in [0.29, 0.717) is 32.5 Å². The van der Waals surface area contributed by atoms with Crippen LogP contribution in [0.4, 0.5) is 4.79 Å². The molecule has 0 aromatic carbocycles. The molecule has 0 aromatic heterocycles. The van der Waals surface area contributed by atoms with Crippen LogP contribution in [0.15, 0.2) is 0 Å². The van der Waals surface area contributed by atoms with Crippen molar-refractivity contribution in [3.8, 4) is 0 Å². The van der Waals surface area contributed by atoms with Gasteiger partial charge in [0, 0.05) is 26.2 Å². The van der Waals surface area contributed by atoms with Gasteiger partial charge in [0.1, 0.15) is 6.61 Å². The Morgan fingerprint density at radius 1 is 1.37 bits per heavy atom. The number of piperidine rings is 1. The van der Waals surface area contributed by atoms with Gasteiger partial charge in [-0.15, -0.1) is 0 Å². The molecule has 2 amide bonds. The van der Waals surface area contributed by atoms with Gasteiger partial charge in [-0.2, -0.15) is 0 Å². The summed E-state index contributed by atoms with van der Waals surface area (Å²) in [4.78, 5) is 26.0. The third-order valence-corrected chi connectivity index (χ3v) is 3.01. The van der Waals surface area contributed by atoms with Crippen LogP contribution in [0.5, 0.6) is 0 Å². The molecule has 1 aliphatic heterocycles. The van der Waals surface area contributed by atoms with Crippen LogP contribution in [0, 0.1) is 0 Å². The lowest BCUT2D eigenvalue weighted by Gasteiger charge is -2.31. The van der Waals surface area contributed by atoms with Gasteiger partial charge in [0.2, 0.25) is 0 Å². The molecule has 7 heteroatoms. The normalized spacial score (nSPS) is 16.7. The van der Waals surface area contributed by atoms with Crippen molar-refractivity contribution in [1.82, 2.24) is 15.1 Å². The van der Waals surface area contributed by atoms with Gasteiger partial charge >= 0.3 is 12.0 Å². The molecule has 110 valence electrons. The summed E-state index contributed by atoms with van der Waals surface area (Å²) in [6.45, 7) is 2.39. The monoisotopic (exact) mass is 273 g/mol. The number of carbonyl (C=O) groups excluding carboxylic acids is 1. The first-order valence-electron chi connectivity index (χ1n) is 6.50. The summed E-state index contributed by atoms with van der Waals surface area (Å²) in [7, 11) is 3.91. The molecule has 1 fully saturated rings. The number of hydrogen-bond acceptors (Lipinski definition) is 4. The SMILES string of the molecule is CN(C)CCNC(=O)N1CCC(OCC(=O)O)CC1. The van der Waals surface area contributed by atoms with E-state index in [-0.39, 0.29) is 18.7 Å². The average molecular weight is 273 g/mol. The molecule has 0 saturated carbocycles. The Hall–Kier alpha value is -1.34. The second-order valence-corrected chi connectivity index (χ2v) is 4.93. The first-order valence-corrected chi connectivity index (χ1v) is 6.50. The lowest BCUT2D eigenvalue weighted by Crippen LogP contribution is -2.47. The smallest absolute Gasteiger partial charge is 0.329 e. The molecule has 2 N–H and O–H groups in total. The number of aliphatic carboxylic acids is 1. The molecule has 1 heterocycles. The van der Waals surface area contributed by atoms with Crippen molar-refractivity contribution < 1.29 is 19.4 Å². The van der Waals surface area contributed by atoms with E-state index in [9.17, 15) is 9.59 Å². The lowest BCUT2D eigenvalue weighted by molar-refractivity contribution is -0.145. The zero-order valence-corrected chi connectivity index (χ0v) is 11.6. The zero-order chi connectivity index (χ0) is 14.3. The van der Waals surface area contributed by atoms with Gasteiger partial charge in [0.25, 0.3) is 0 Å². The van der Waals surface area contributed by atoms with Gasteiger partial charge in [-0.1, -0.05) is 0 Å². The number of likely N-dealkylation sites (tertiary alicyclic amines) is 1. The molecule has 0 radical (unpaired) electrons. The Kier molecular flexibility index (Phi) is 6.58. The predicted molar refractivity (Wildman–Crippen MR) is 70.1 cm³/mol. The number of carboxylic acids is 1. The van der Waals surface area contributed by atoms with E-state index in [4.69, 9.17) is 9.84 Å². The van der Waals surface area contributed by atoms with Crippen LogP contribution in [0.1, 0.15) is 12.8 Å². The summed E-state index contributed by atoms with van der Waals surface area (Å²) in [5.74, 6) is -0.955. The number of carboxylic acid groups (broad SMARTS) is 1. The van der Waals surface area contributed by atoms with E-state index >= 15 is 0 Å². The molecule has 0 aliphatic carbocycles. The quantitative estimate of drug-likeness (QED) is 0.702. The number of nitrogens with zero attached hydrogens (tertiary/aromatic N) is 2. The maximum atomic E-state index is 11.8. The highest BCUT2D eigenvalue weighted by Crippen LogP contribution is 2.13. The molecule has 19 heavy (non-hydrogen) atoms. The largest absolute Gasteiger partial charge is 0.480 e. The third kappa shape index (κ3) is 6.40. The second kappa shape index (κ2) is 7.96. The second-order valence-electron chi connectivity index (χ2n) is 4.93. The van der Waals surface area contributed by atoms with Crippen molar-refractivity contribution in [1.29, 1.82) is 0 Å². The number of nitrogens with one attached hydrogen (secondary N) is 1. The van der Waals surface area contributed by atoms with Crippen LogP contribution in [-0.2, 0) is 9.53 Å². The van der Waals surface area contributed by atoms with E-state index < -0.39 is 5.97 Å². The summed E-state index contributed by atoms with van der Waals surface area (Å²) < 4.78 is 5.22. The maximum absolute atomic E-state index is 11.8. The van der Waals surface area contributed by atoms with Crippen molar-refractivity contribution in [3.05, 3.63) is 0 Å². The molecule has 1 rings (SSSR count). The Bertz CT molecular complexity index is 301. The van der Waals surface area contributed by atoms with Crippen LogP contribution in [0.25, 0.3) is 0 Å². The van der Waals surface area contributed by atoms with Gasteiger partial charge in [0.05, 0.1) is 6.10 Å². The summed E-state index contributed by atoms with van der Waals surface area (Å²) in [6.07, 6.45) is 1.32. The number of rotatable bonds is 6. The molecular weight excluding hydrogens is 250 g/mol. The van der Waals surface area contributed by atoms with E-state index in [2.05, 4.69) is 5.32 Å². The highest BCUT2D eigenvalue weighted by molar-refractivity contribution is 5.74. The fourth-order valence-corrected chi connectivity index (χ4v) is 1.91. The fraction of sp³-hybridized carbons (Fsp3) is 0.833. The molecule has 1 saturated heterocycles. The Morgan fingerprint density at radius 3 is 2.53 bits per heavy atom. The van der Waals surface area contributed by atoms with E-state index in [1.807, 2.05) is 19.0 Å². The van der Waals surface area contributed by atoms with Crippen LogP contribution >= 0.6 is 0 Å². The Balaban J connectivity index is 2.18. The van der Waals surface area contributed by atoms with E-state index in [0.717, 1.165) is 6.54 Å². The van der Waals surface area contributed by atoms with Crippen molar-refractivity contribution in [3.63, 3.8) is 0 Å². The van der Waals surface area contributed by atoms with Crippen LogP contribution in [-0.4, -0.2) is 79.9 Å². The van der Waals surface area contributed by atoms with Gasteiger partial charge in [-0.05, 0) is 26.9 Å². The molecule has 7 nitrogen and oxygen atoms in total. The summed E-state index contributed by atoms with van der Waals surface area (Å²) in [6, 6.07) is -0.0569. The maximum Gasteiger partial charge on any atom is 0.329 e. The molecule has 0 atom stereocenters. The van der Waals surface area contributed by atoms with Crippen molar-refractivity contribution in [2.45, 2.75) is 18.9 Å². The highest BCUT2D eigenvalue weighted by atomic mass is 16.5. The van der Waals surface area contributed by atoms with E-state index in [1.54, 1.807) is 4.90 Å². The zero-order valence-electron chi connectivity index (χ0n) is 11.6. The Morgan fingerprint density at radius 2 is 2.00 bits per heavy atom. The molecule has 0 aromatic rings. The first kappa shape index (κ1) is 15.7. The third-order valence-electron chi connectivity index (χ3n) is 3.01. The predicted octanol–water partition coefficient (Wildman–Crippen LogP) is -0.177. The summed E-state index contributed by atoms with van der Waals surface area (Å²) in [5, 5.41) is 11.4. The van der Waals surface area contributed by atoms with Gasteiger partial charge < -0.3 is 25.0 Å². The number of ether oxygens (including phenoxy) is 1. The topological polar surface area (TPSA) is 82.1 Å². The minimum Gasteiger partial charge on any atom is -0.480 e. The standard InChI is InChI=1S/C12H23N3O4/c1-14(2)8-5-13-12(18)15-6-3-10(4-7-15)19-9-11(16)17/h10H,3-9H2,1-2H3,(H,13,18)(H,16,17). The average Bonchev–Trinajstić information content (AvgIpc) is 2.36. The molecule has 0 spiro atoms. The number of likely N-dealkylation sites (N-methyl/N-ethyl adjacent to an activating group) is 1. The first-order chi connectivity index (χ1) is 8.99. The molecular formula is C12H23N3O4. The minimum absolute atomic E-state index is 0.0538. The van der Waals surface area contributed by atoms with Crippen molar-refractivity contribution in [2.75, 3.05) is 46.9 Å². The number of hydrogen-bond donors (Lipinski definition) is 2. The highest BCUT2D eigenvalue weighted by Gasteiger charge is 2.23. The number of urea groups is 1. The van der Waals surface area contributed by atoms with E-state index in [1.165, 1.54) is 0 Å². The summed E-state index contributed by atoms with van der Waals surface area (Å²) in [5.41, 5.74) is 0. The fourth-order valence-electron chi connectivity index (χ4n) is 1.91. The molecule has 0 bridgehead atoms. The lowest BCUT2D eigenvalue weighted by atomic mass is 10.1. The van der Waals surface area contributed by atoms with Gasteiger partial charge in [-0.25, -0.2) is 9.59 Å². The van der Waals surface area contributed by atoms with Crippen LogP contribution in [0.2, 0.25) is 0 Å². The molecule has 1 aliphatic rings. The Labute approximate surface area is 113 Å². The summed E-state index contributed by atoms with van der Waals surface area (Å²) >= 11 is 0. The number of carbonyl (C=O) groups is 2. The van der Waals surface area contributed by atoms with Gasteiger partial charge in [0.15, 0.2) is 0 Å². The van der Waals surface area contributed by atoms with Crippen LogP contribution in [0.3, 0.4) is 0 Å². The minimum atomic E-state index is -0.955. The van der Waals surface area contributed by atoms with Crippen molar-refractivity contribution in [2.24, 2.45) is 0 Å². The van der Waals surface area contributed by atoms with Gasteiger partial charge in [-0.3, -0.25) is 0 Å².